The number of benzene rings is 1. The van der Waals surface area contributed by atoms with Crippen molar-refractivity contribution >= 4 is 39.2 Å². The minimum atomic E-state index is -3.27. The van der Waals surface area contributed by atoms with E-state index in [0.717, 1.165) is 47.9 Å². The molecule has 3 heterocycles. The Hall–Kier alpha value is -3.04. The normalized spacial score (nSPS) is 22.6. The Kier molecular flexibility index (Phi) is 12.9. The van der Waals surface area contributed by atoms with Crippen LogP contribution in [0.4, 0.5) is 0 Å². The predicted octanol–water partition coefficient (Wildman–Crippen LogP) is 2.86. The van der Waals surface area contributed by atoms with Crippen molar-refractivity contribution < 1.29 is 22.7 Å². The molecule has 4 atom stereocenters. The molecule has 1 saturated heterocycles. The SMILES string of the molecule is C[C@@H]1N=C(N2CCN(C(=O)[C@@H](CCCCNS(C)(=O)=O)NC3CCCCC3)[C@H](C(=O)NCc3cccs3)C2)O[C@H]1c1cccc(CN)c1. The fourth-order valence-corrected chi connectivity index (χ4v) is 7.96. The van der Waals surface area contributed by atoms with Crippen LogP contribution in [0.25, 0.3) is 0 Å². The largest absolute Gasteiger partial charge is 0.455 e. The molecule has 0 unspecified atom stereocenters. The van der Waals surface area contributed by atoms with Crippen molar-refractivity contribution in [1.29, 1.82) is 0 Å². The quantitative estimate of drug-likeness (QED) is 0.219. The smallest absolute Gasteiger partial charge is 0.288 e. The second-order valence-corrected chi connectivity index (χ2v) is 16.0. The first-order valence-corrected chi connectivity index (χ1v) is 20.0. The van der Waals surface area contributed by atoms with E-state index in [9.17, 15) is 18.0 Å². The topological polar surface area (TPSA) is 158 Å². The average Bonchev–Trinajstić information content (AvgIpc) is 3.76. The highest BCUT2D eigenvalue weighted by atomic mass is 32.2. The molecule has 5 rings (SSSR count). The van der Waals surface area contributed by atoms with E-state index in [1.165, 1.54) is 6.42 Å². The molecule has 2 fully saturated rings. The molecule has 2 amide bonds. The maximum Gasteiger partial charge on any atom is 0.288 e. The van der Waals surface area contributed by atoms with Crippen LogP contribution in [0.5, 0.6) is 0 Å². The van der Waals surface area contributed by atoms with Crippen molar-refractivity contribution in [3.8, 4) is 0 Å². The van der Waals surface area contributed by atoms with Crippen LogP contribution in [-0.4, -0.2) is 92.7 Å². The molecule has 5 N–H and O–H groups in total. The minimum Gasteiger partial charge on any atom is -0.455 e. The van der Waals surface area contributed by atoms with Gasteiger partial charge in [0.25, 0.3) is 6.02 Å². The molecule has 264 valence electrons. The van der Waals surface area contributed by atoms with Gasteiger partial charge in [-0.15, -0.1) is 11.3 Å². The molecule has 2 aliphatic heterocycles. The van der Waals surface area contributed by atoms with E-state index in [4.69, 9.17) is 15.5 Å². The van der Waals surface area contributed by atoms with Crippen LogP contribution >= 0.6 is 11.3 Å². The molecule has 14 heteroatoms. The first kappa shape index (κ1) is 36.2. The first-order chi connectivity index (χ1) is 23.1. The maximum absolute atomic E-state index is 14.4. The van der Waals surface area contributed by atoms with Gasteiger partial charge in [0.2, 0.25) is 21.8 Å². The fraction of sp³-hybridized carbons (Fsp3) is 0.618. The molecule has 1 saturated carbocycles. The molecule has 12 nitrogen and oxygen atoms in total. The first-order valence-electron chi connectivity index (χ1n) is 17.2. The molecule has 3 aliphatic rings. The number of sulfonamides is 1. The van der Waals surface area contributed by atoms with Crippen molar-refractivity contribution in [3.63, 3.8) is 0 Å². The Labute approximate surface area is 288 Å². The number of amides is 2. The van der Waals surface area contributed by atoms with Gasteiger partial charge in [-0.25, -0.2) is 18.1 Å². The number of unbranched alkanes of at least 4 members (excludes halogenated alkanes) is 1. The monoisotopic (exact) mass is 701 g/mol. The molecular weight excluding hydrogens is 651 g/mol. The van der Waals surface area contributed by atoms with E-state index in [1.807, 2.05) is 53.6 Å². The lowest BCUT2D eigenvalue weighted by Crippen LogP contribution is -2.64. The Balaban J connectivity index is 1.31. The number of rotatable bonds is 14. The summed E-state index contributed by atoms with van der Waals surface area (Å²) in [7, 11) is -3.27. The van der Waals surface area contributed by atoms with Crippen molar-refractivity contribution in [1.82, 2.24) is 25.2 Å². The van der Waals surface area contributed by atoms with Gasteiger partial charge in [-0.05, 0) is 55.2 Å². The number of piperazine rings is 1. The summed E-state index contributed by atoms with van der Waals surface area (Å²) in [6, 6.07) is 11.4. The lowest BCUT2D eigenvalue weighted by molar-refractivity contribution is -0.145. The van der Waals surface area contributed by atoms with Crippen LogP contribution in [0.2, 0.25) is 0 Å². The summed E-state index contributed by atoms with van der Waals surface area (Å²) in [4.78, 5) is 37.9. The number of carbonyl (C=O) groups excluding carboxylic acids is 2. The van der Waals surface area contributed by atoms with Gasteiger partial charge in [-0.2, -0.15) is 0 Å². The lowest BCUT2D eigenvalue weighted by Gasteiger charge is -2.42. The van der Waals surface area contributed by atoms with E-state index in [-0.39, 0.29) is 36.5 Å². The van der Waals surface area contributed by atoms with Crippen LogP contribution in [0.1, 0.15) is 80.4 Å². The molecule has 2 aromatic rings. The number of nitrogens with zero attached hydrogens (tertiary/aromatic N) is 3. The number of nitrogens with one attached hydrogen (secondary N) is 3. The number of aliphatic imine (C=N–C) groups is 1. The molecule has 48 heavy (non-hydrogen) atoms. The van der Waals surface area contributed by atoms with E-state index >= 15 is 0 Å². The van der Waals surface area contributed by atoms with E-state index in [1.54, 1.807) is 16.2 Å². The highest BCUT2D eigenvalue weighted by molar-refractivity contribution is 7.88. The zero-order valence-corrected chi connectivity index (χ0v) is 29.7. The highest BCUT2D eigenvalue weighted by Crippen LogP contribution is 2.31. The summed E-state index contributed by atoms with van der Waals surface area (Å²) in [6.07, 6.45) is 8.21. The van der Waals surface area contributed by atoms with Crippen LogP contribution in [0.3, 0.4) is 0 Å². The number of hydrogen-bond donors (Lipinski definition) is 4. The summed E-state index contributed by atoms with van der Waals surface area (Å²) in [5.74, 6) is -0.305. The third-order valence-electron chi connectivity index (χ3n) is 9.38. The molecule has 1 aromatic heterocycles. The molecule has 0 bridgehead atoms. The molecule has 1 aliphatic carbocycles. The van der Waals surface area contributed by atoms with E-state index < -0.39 is 22.1 Å². The van der Waals surface area contributed by atoms with Crippen LogP contribution in [-0.2, 0) is 37.4 Å². The minimum absolute atomic E-state index is 0.0910. The summed E-state index contributed by atoms with van der Waals surface area (Å²) in [5.41, 5.74) is 7.91. The molecule has 0 spiro atoms. The summed E-state index contributed by atoms with van der Waals surface area (Å²) >= 11 is 1.57. The van der Waals surface area contributed by atoms with Crippen molar-refractivity contribution in [2.45, 2.75) is 102 Å². The Bertz CT molecular complexity index is 1500. The Morgan fingerprint density at radius 1 is 1.12 bits per heavy atom. The summed E-state index contributed by atoms with van der Waals surface area (Å²) in [6.45, 7) is 4.26. The second-order valence-electron chi connectivity index (χ2n) is 13.1. The van der Waals surface area contributed by atoms with Crippen LogP contribution < -0.4 is 21.1 Å². The molecule has 1 aromatic carbocycles. The number of carbonyl (C=O) groups is 2. The number of hydrogen-bond acceptors (Lipinski definition) is 10. The van der Waals surface area contributed by atoms with Gasteiger partial charge in [0.05, 0.1) is 31.4 Å². The third kappa shape index (κ3) is 10.0. The van der Waals surface area contributed by atoms with Gasteiger partial charge in [-0.3, -0.25) is 9.59 Å². The third-order valence-corrected chi connectivity index (χ3v) is 11.0. The van der Waals surface area contributed by atoms with Gasteiger partial charge >= 0.3 is 0 Å². The number of thiophene rings is 1. The van der Waals surface area contributed by atoms with Crippen molar-refractivity contribution in [2.75, 3.05) is 32.4 Å². The Morgan fingerprint density at radius 2 is 1.94 bits per heavy atom. The number of amidine groups is 1. The maximum atomic E-state index is 14.4. The van der Waals surface area contributed by atoms with Gasteiger partial charge in [0.1, 0.15) is 12.1 Å². The lowest BCUT2D eigenvalue weighted by atomic mass is 9.94. The summed E-state index contributed by atoms with van der Waals surface area (Å²) < 4.78 is 32.1. The van der Waals surface area contributed by atoms with Crippen LogP contribution in [0, 0.1) is 0 Å². The van der Waals surface area contributed by atoms with Gasteiger partial charge in [0, 0.05) is 37.1 Å². The summed E-state index contributed by atoms with van der Waals surface area (Å²) in [5, 5.41) is 8.70. The second kappa shape index (κ2) is 17.1. The molecule has 0 radical (unpaired) electrons. The average molecular weight is 702 g/mol. The van der Waals surface area contributed by atoms with E-state index in [2.05, 4.69) is 15.4 Å². The van der Waals surface area contributed by atoms with Gasteiger partial charge in [-0.1, -0.05) is 56.0 Å². The number of nitrogens with two attached hydrogens (primary N) is 1. The molecular formula is C34H51N7O5S2. The van der Waals surface area contributed by atoms with E-state index in [0.29, 0.717) is 58.0 Å². The van der Waals surface area contributed by atoms with Crippen molar-refractivity contribution in [3.05, 3.63) is 57.8 Å². The fourth-order valence-electron chi connectivity index (χ4n) is 6.80. The van der Waals surface area contributed by atoms with Crippen LogP contribution in [0.15, 0.2) is 46.8 Å². The highest BCUT2D eigenvalue weighted by Gasteiger charge is 2.41. The standard InChI is InChI=1S/C34H51N7O5S2/c1-24-31(26-11-8-10-25(20-26)21-35)46-34(38-24)40-17-18-41(30(23-40)32(42)36-22-28-14-9-19-47-28)33(43)29(39-27-12-4-3-5-13-27)15-6-7-16-37-48(2,44)45/h8-11,14,19-20,24,27,29-31,37,39H,3-7,12-13,15-18,21-23,35H2,1-2H3,(H,36,42)/t24-,29+,30-,31+/m0/s1. The van der Waals surface area contributed by atoms with Gasteiger partial charge in [0.15, 0.2) is 0 Å². The zero-order chi connectivity index (χ0) is 34.1. The Morgan fingerprint density at radius 3 is 2.67 bits per heavy atom. The number of ether oxygens (including phenoxy) is 1. The predicted molar refractivity (Wildman–Crippen MR) is 189 cm³/mol. The van der Waals surface area contributed by atoms with Gasteiger partial charge < -0.3 is 30.9 Å². The van der Waals surface area contributed by atoms with Crippen molar-refractivity contribution in [2.24, 2.45) is 10.7 Å². The zero-order valence-electron chi connectivity index (χ0n) is 28.1.